The molecule has 1 aromatic heterocycles. The van der Waals surface area contributed by atoms with Crippen molar-refractivity contribution in [1.82, 2.24) is 9.88 Å². The number of hydrogen-bond donors (Lipinski definition) is 2. The summed E-state index contributed by atoms with van der Waals surface area (Å²) in [6, 6.07) is 1.43. The molecule has 5 nitrogen and oxygen atoms in total. The number of nitrogens with one attached hydrogen (secondary N) is 1. The van der Waals surface area contributed by atoms with Crippen molar-refractivity contribution in [3.05, 3.63) is 28.2 Å². The van der Waals surface area contributed by atoms with E-state index in [1.165, 1.54) is 16.8 Å². The van der Waals surface area contributed by atoms with Crippen molar-refractivity contribution >= 4 is 11.6 Å². The minimum Gasteiger partial charge on any atom is -0.397 e. The van der Waals surface area contributed by atoms with Crippen molar-refractivity contribution in [2.24, 2.45) is 0 Å². The molecule has 0 radical (unpaired) electrons. The van der Waals surface area contributed by atoms with E-state index < -0.39 is 0 Å². The van der Waals surface area contributed by atoms with Crippen LogP contribution in [0.2, 0.25) is 0 Å². The standard InChI is InChI=1S/C10H15N3O2/c1-3-12-9(14)6-13-5-8(11)7(2)4-10(13)15/h4-5H,3,6,11H2,1-2H3,(H,12,14). The lowest BCUT2D eigenvalue weighted by Crippen LogP contribution is -2.32. The van der Waals surface area contributed by atoms with Gasteiger partial charge >= 0.3 is 0 Å². The number of nitrogens with two attached hydrogens (primary N) is 1. The second kappa shape index (κ2) is 4.63. The Morgan fingerprint density at radius 2 is 2.27 bits per heavy atom. The molecule has 0 fully saturated rings. The molecule has 1 heterocycles. The third kappa shape index (κ3) is 2.83. The number of nitrogens with zero attached hydrogens (tertiary/aromatic N) is 1. The Kier molecular flexibility index (Phi) is 3.49. The average Bonchev–Trinajstić information content (AvgIpc) is 2.14. The van der Waals surface area contributed by atoms with Gasteiger partial charge in [0.2, 0.25) is 5.91 Å². The van der Waals surface area contributed by atoms with Crippen LogP contribution < -0.4 is 16.6 Å². The zero-order valence-corrected chi connectivity index (χ0v) is 8.91. The normalized spacial score (nSPS) is 10.0. The molecule has 82 valence electrons. The maximum atomic E-state index is 11.5. The summed E-state index contributed by atoms with van der Waals surface area (Å²) in [4.78, 5) is 22.7. The molecule has 0 atom stereocenters. The predicted octanol–water partition coefficient (Wildman–Crippen LogP) is -0.125. The number of amides is 1. The van der Waals surface area contributed by atoms with Gasteiger partial charge in [0.25, 0.3) is 5.56 Å². The maximum Gasteiger partial charge on any atom is 0.251 e. The van der Waals surface area contributed by atoms with Crippen LogP contribution in [0.15, 0.2) is 17.1 Å². The summed E-state index contributed by atoms with van der Waals surface area (Å²) in [5, 5.41) is 2.62. The molecule has 1 aromatic rings. The molecule has 0 spiro atoms. The Morgan fingerprint density at radius 3 is 2.87 bits per heavy atom. The molecule has 0 aromatic carbocycles. The van der Waals surface area contributed by atoms with Gasteiger partial charge in [-0.2, -0.15) is 0 Å². The largest absolute Gasteiger partial charge is 0.397 e. The topological polar surface area (TPSA) is 77.1 Å². The molecule has 5 heteroatoms. The number of pyridine rings is 1. The van der Waals surface area contributed by atoms with Crippen LogP contribution in [0, 0.1) is 6.92 Å². The number of aryl methyl sites for hydroxylation is 1. The zero-order valence-electron chi connectivity index (χ0n) is 8.91. The van der Waals surface area contributed by atoms with Crippen LogP contribution in [0.4, 0.5) is 5.69 Å². The van der Waals surface area contributed by atoms with E-state index in [1.807, 2.05) is 6.92 Å². The summed E-state index contributed by atoms with van der Waals surface area (Å²) < 4.78 is 1.30. The van der Waals surface area contributed by atoms with E-state index in [4.69, 9.17) is 5.73 Å². The summed E-state index contributed by atoms with van der Waals surface area (Å²) in [5.41, 5.74) is 6.67. The first-order valence-electron chi connectivity index (χ1n) is 4.78. The van der Waals surface area contributed by atoms with Crippen molar-refractivity contribution in [3.8, 4) is 0 Å². The van der Waals surface area contributed by atoms with Gasteiger partial charge in [0.05, 0.1) is 5.69 Å². The fourth-order valence-corrected chi connectivity index (χ4v) is 1.22. The maximum absolute atomic E-state index is 11.5. The van der Waals surface area contributed by atoms with Crippen molar-refractivity contribution in [2.45, 2.75) is 20.4 Å². The number of nitrogen functional groups attached to an aromatic ring is 1. The van der Waals surface area contributed by atoms with E-state index >= 15 is 0 Å². The molecule has 0 saturated heterocycles. The van der Waals surface area contributed by atoms with Crippen LogP contribution in [-0.2, 0) is 11.3 Å². The number of anilines is 1. The quantitative estimate of drug-likeness (QED) is 0.728. The summed E-state index contributed by atoms with van der Waals surface area (Å²) in [5.74, 6) is -0.192. The SMILES string of the molecule is CCNC(=O)Cn1cc(N)c(C)cc1=O. The molecule has 0 unspecified atom stereocenters. The summed E-state index contributed by atoms with van der Waals surface area (Å²) >= 11 is 0. The van der Waals surface area contributed by atoms with E-state index in [0.717, 1.165) is 5.56 Å². The van der Waals surface area contributed by atoms with Gasteiger partial charge in [0.1, 0.15) is 6.54 Å². The van der Waals surface area contributed by atoms with Crippen molar-refractivity contribution in [1.29, 1.82) is 0 Å². The lowest BCUT2D eigenvalue weighted by molar-refractivity contribution is -0.121. The highest BCUT2D eigenvalue weighted by molar-refractivity contribution is 5.75. The molecule has 0 saturated carbocycles. The lowest BCUT2D eigenvalue weighted by Gasteiger charge is -2.07. The third-order valence-corrected chi connectivity index (χ3v) is 2.06. The number of hydrogen-bond acceptors (Lipinski definition) is 3. The lowest BCUT2D eigenvalue weighted by atomic mass is 10.2. The van der Waals surface area contributed by atoms with Crippen LogP contribution in [0.25, 0.3) is 0 Å². The Balaban J connectivity index is 2.91. The summed E-state index contributed by atoms with van der Waals surface area (Å²) in [7, 11) is 0. The van der Waals surface area contributed by atoms with E-state index in [0.29, 0.717) is 12.2 Å². The number of aromatic nitrogens is 1. The Bertz CT molecular complexity index is 423. The Labute approximate surface area is 87.9 Å². The fraction of sp³-hybridized carbons (Fsp3) is 0.400. The van der Waals surface area contributed by atoms with Gasteiger partial charge in [0.15, 0.2) is 0 Å². The van der Waals surface area contributed by atoms with Crippen molar-refractivity contribution < 1.29 is 4.79 Å². The first kappa shape index (κ1) is 11.3. The number of likely N-dealkylation sites (N-methyl/N-ethyl adjacent to an activating group) is 1. The summed E-state index contributed by atoms with van der Waals surface area (Å²) in [6.07, 6.45) is 1.49. The van der Waals surface area contributed by atoms with Gasteiger partial charge in [-0.05, 0) is 19.4 Å². The van der Waals surface area contributed by atoms with Crippen LogP contribution in [-0.4, -0.2) is 17.0 Å². The fourth-order valence-electron chi connectivity index (χ4n) is 1.22. The molecule has 1 rings (SSSR count). The van der Waals surface area contributed by atoms with E-state index in [9.17, 15) is 9.59 Å². The van der Waals surface area contributed by atoms with Gasteiger partial charge in [0, 0.05) is 18.8 Å². The first-order valence-corrected chi connectivity index (χ1v) is 4.78. The first-order chi connectivity index (χ1) is 7.04. The van der Waals surface area contributed by atoms with Gasteiger partial charge in [-0.25, -0.2) is 0 Å². The molecule has 15 heavy (non-hydrogen) atoms. The highest BCUT2D eigenvalue weighted by Gasteiger charge is 2.04. The van der Waals surface area contributed by atoms with E-state index in [-0.39, 0.29) is 18.0 Å². The van der Waals surface area contributed by atoms with Gasteiger partial charge in [-0.1, -0.05) is 0 Å². The molecule has 0 bridgehead atoms. The third-order valence-electron chi connectivity index (χ3n) is 2.06. The van der Waals surface area contributed by atoms with Crippen LogP contribution in [0.1, 0.15) is 12.5 Å². The van der Waals surface area contributed by atoms with Crippen LogP contribution in [0.3, 0.4) is 0 Å². The molecule has 1 amide bonds. The second-order valence-corrected chi connectivity index (χ2v) is 3.33. The predicted molar refractivity (Wildman–Crippen MR) is 58.5 cm³/mol. The minimum atomic E-state index is -0.215. The monoisotopic (exact) mass is 209 g/mol. The average molecular weight is 209 g/mol. The van der Waals surface area contributed by atoms with Gasteiger partial charge < -0.3 is 15.6 Å². The van der Waals surface area contributed by atoms with E-state index in [2.05, 4.69) is 5.32 Å². The van der Waals surface area contributed by atoms with Gasteiger partial charge in [-0.15, -0.1) is 0 Å². The highest BCUT2D eigenvalue weighted by atomic mass is 16.2. The summed E-state index contributed by atoms with van der Waals surface area (Å²) in [6.45, 7) is 4.14. The van der Waals surface area contributed by atoms with Crippen LogP contribution >= 0.6 is 0 Å². The smallest absolute Gasteiger partial charge is 0.251 e. The molecular weight excluding hydrogens is 194 g/mol. The highest BCUT2D eigenvalue weighted by Crippen LogP contribution is 2.04. The number of carbonyl (C=O) groups is 1. The molecule has 3 N–H and O–H groups in total. The molecule has 0 aliphatic heterocycles. The van der Waals surface area contributed by atoms with Crippen LogP contribution in [0.5, 0.6) is 0 Å². The number of carbonyl (C=O) groups excluding carboxylic acids is 1. The Morgan fingerprint density at radius 1 is 1.60 bits per heavy atom. The molecular formula is C10H15N3O2. The van der Waals surface area contributed by atoms with Crippen molar-refractivity contribution in [2.75, 3.05) is 12.3 Å². The Hall–Kier alpha value is -1.78. The van der Waals surface area contributed by atoms with E-state index in [1.54, 1.807) is 6.92 Å². The molecule has 0 aliphatic carbocycles. The van der Waals surface area contributed by atoms with Gasteiger partial charge in [-0.3, -0.25) is 9.59 Å². The molecule has 0 aliphatic rings. The number of rotatable bonds is 3. The van der Waals surface area contributed by atoms with Crippen molar-refractivity contribution in [3.63, 3.8) is 0 Å². The minimum absolute atomic E-state index is 0.0111. The zero-order chi connectivity index (χ0) is 11.4. The second-order valence-electron chi connectivity index (χ2n) is 3.33.